The molecule has 1 saturated heterocycles. The number of nitrogens with zero attached hydrogens (tertiary/aromatic N) is 1. The van der Waals surface area contributed by atoms with E-state index in [0.29, 0.717) is 23.6 Å². The fourth-order valence-corrected chi connectivity index (χ4v) is 3.41. The highest BCUT2D eigenvalue weighted by molar-refractivity contribution is 6.31. The number of furan rings is 1. The van der Waals surface area contributed by atoms with Crippen molar-refractivity contribution in [3.63, 3.8) is 0 Å². The molecule has 1 amide bonds. The van der Waals surface area contributed by atoms with Gasteiger partial charge in [-0.1, -0.05) is 18.5 Å². The predicted octanol–water partition coefficient (Wildman–Crippen LogP) is 3.58. The van der Waals surface area contributed by atoms with Crippen molar-refractivity contribution in [2.75, 3.05) is 13.1 Å². The minimum Gasteiger partial charge on any atom is -0.481 e. The third kappa shape index (κ3) is 2.93. The number of fused-ring (bicyclic) bond motifs is 1. The summed E-state index contributed by atoms with van der Waals surface area (Å²) in [6.45, 7) is 4.54. The van der Waals surface area contributed by atoms with Gasteiger partial charge in [0.2, 0.25) is 0 Å². The number of carbonyl (C=O) groups excluding carboxylic acids is 1. The molecule has 1 aliphatic heterocycles. The first-order valence-electron chi connectivity index (χ1n) is 7.57. The number of benzene rings is 1. The third-order valence-corrected chi connectivity index (χ3v) is 4.62. The lowest BCUT2D eigenvalue weighted by Gasteiger charge is -2.34. The molecule has 0 bridgehead atoms. The number of aryl methyl sites for hydroxylation is 1. The fraction of sp³-hybridized carbons (Fsp3) is 0.412. The Bertz CT molecular complexity index is 782. The van der Waals surface area contributed by atoms with Gasteiger partial charge in [0.25, 0.3) is 5.91 Å². The van der Waals surface area contributed by atoms with Gasteiger partial charge in [-0.05, 0) is 37.5 Å². The van der Waals surface area contributed by atoms with Crippen LogP contribution in [0.4, 0.5) is 0 Å². The number of amides is 1. The summed E-state index contributed by atoms with van der Waals surface area (Å²) in [4.78, 5) is 25.7. The van der Waals surface area contributed by atoms with E-state index in [1.807, 2.05) is 13.8 Å². The summed E-state index contributed by atoms with van der Waals surface area (Å²) in [6.07, 6.45) is 0.591. The number of carboxylic acid groups (broad SMARTS) is 1. The Morgan fingerprint density at radius 3 is 2.78 bits per heavy atom. The molecular formula is C17H18ClNO4. The number of likely N-dealkylation sites (tertiary alicyclic amines) is 1. The normalized spacial score (nSPS) is 21.6. The van der Waals surface area contributed by atoms with E-state index in [-0.39, 0.29) is 24.1 Å². The molecule has 1 N–H and O–H groups in total. The largest absolute Gasteiger partial charge is 0.481 e. The first kappa shape index (κ1) is 15.9. The Balaban J connectivity index is 1.93. The summed E-state index contributed by atoms with van der Waals surface area (Å²) in [5.41, 5.74) is 1.34. The lowest BCUT2D eigenvalue weighted by Crippen LogP contribution is -2.45. The van der Waals surface area contributed by atoms with Crippen molar-refractivity contribution in [3.05, 3.63) is 34.5 Å². The zero-order valence-corrected chi connectivity index (χ0v) is 13.8. The van der Waals surface area contributed by atoms with Crippen LogP contribution in [0.2, 0.25) is 5.02 Å². The second-order valence-electron chi connectivity index (χ2n) is 6.28. The Labute approximate surface area is 138 Å². The molecule has 2 atom stereocenters. The number of piperidine rings is 1. The maximum atomic E-state index is 12.8. The maximum absolute atomic E-state index is 12.8. The van der Waals surface area contributed by atoms with Crippen molar-refractivity contribution in [2.45, 2.75) is 20.3 Å². The molecule has 1 fully saturated rings. The number of hydrogen-bond donors (Lipinski definition) is 1. The van der Waals surface area contributed by atoms with E-state index in [0.717, 1.165) is 10.9 Å². The maximum Gasteiger partial charge on any atom is 0.308 e. The van der Waals surface area contributed by atoms with Gasteiger partial charge in [0.05, 0.1) is 5.92 Å². The average molecular weight is 336 g/mol. The van der Waals surface area contributed by atoms with E-state index in [4.69, 9.17) is 16.0 Å². The van der Waals surface area contributed by atoms with E-state index in [2.05, 4.69) is 0 Å². The van der Waals surface area contributed by atoms with Crippen molar-refractivity contribution in [1.29, 1.82) is 0 Å². The summed E-state index contributed by atoms with van der Waals surface area (Å²) in [7, 11) is 0. The van der Waals surface area contributed by atoms with Gasteiger partial charge >= 0.3 is 5.97 Å². The monoisotopic (exact) mass is 335 g/mol. The molecule has 122 valence electrons. The van der Waals surface area contributed by atoms with Crippen LogP contribution in [0.5, 0.6) is 0 Å². The van der Waals surface area contributed by atoms with Crippen molar-refractivity contribution >= 4 is 34.4 Å². The van der Waals surface area contributed by atoms with E-state index >= 15 is 0 Å². The molecule has 1 aromatic heterocycles. The van der Waals surface area contributed by atoms with Gasteiger partial charge in [0, 0.05) is 29.1 Å². The molecule has 5 nitrogen and oxygen atoms in total. The van der Waals surface area contributed by atoms with Crippen LogP contribution in [-0.4, -0.2) is 35.0 Å². The van der Waals surface area contributed by atoms with Gasteiger partial charge < -0.3 is 14.4 Å². The van der Waals surface area contributed by atoms with Crippen LogP contribution in [0.3, 0.4) is 0 Å². The molecule has 6 heteroatoms. The molecule has 2 heterocycles. The minimum atomic E-state index is -0.859. The highest BCUT2D eigenvalue weighted by Gasteiger charge is 2.34. The topological polar surface area (TPSA) is 70.8 Å². The van der Waals surface area contributed by atoms with Crippen molar-refractivity contribution in [2.24, 2.45) is 11.8 Å². The van der Waals surface area contributed by atoms with E-state index in [1.54, 1.807) is 23.1 Å². The van der Waals surface area contributed by atoms with Crippen LogP contribution >= 0.6 is 11.6 Å². The Hall–Kier alpha value is -2.01. The molecule has 23 heavy (non-hydrogen) atoms. The van der Waals surface area contributed by atoms with Gasteiger partial charge in [0.1, 0.15) is 5.58 Å². The summed E-state index contributed by atoms with van der Waals surface area (Å²) in [5, 5.41) is 10.6. The molecule has 2 unspecified atom stereocenters. The number of hydrogen-bond acceptors (Lipinski definition) is 3. The molecule has 1 aliphatic rings. The smallest absolute Gasteiger partial charge is 0.308 e. The van der Waals surface area contributed by atoms with Crippen LogP contribution < -0.4 is 0 Å². The summed E-state index contributed by atoms with van der Waals surface area (Å²) in [5.74, 6) is -1.23. The van der Waals surface area contributed by atoms with Gasteiger partial charge in [-0.25, -0.2) is 0 Å². The molecule has 0 aliphatic carbocycles. The molecule has 3 rings (SSSR count). The van der Waals surface area contributed by atoms with E-state index in [9.17, 15) is 14.7 Å². The van der Waals surface area contributed by atoms with Crippen molar-refractivity contribution in [1.82, 2.24) is 4.90 Å². The van der Waals surface area contributed by atoms with Gasteiger partial charge in [-0.2, -0.15) is 0 Å². The Kier molecular flexibility index (Phi) is 4.06. The van der Waals surface area contributed by atoms with E-state index < -0.39 is 11.9 Å². The zero-order valence-electron chi connectivity index (χ0n) is 13.0. The van der Waals surface area contributed by atoms with Crippen LogP contribution in [0, 0.1) is 18.8 Å². The van der Waals surface area contributed by atoms with Gasteiger partial charge in [-0.3, -0.25) is 9.59 Å². The first-order chi connectivity index (χ1) is 10.9. The number of halogens is 1. The Morgan fingerprint density at radius 1 is 1.35 bits per heavy atom. The lowest BCUT2D eigenvalue weighted by molar-refractivity contribution is -0.143. The van der Waals surface area contributed by atoms with Crippen molar-refractivity contribution < 1.29 is 19.1 Å². The van der Waals surface area contributed by atoms with Crippen molar-refractivity contribution in [3.8, 4) is 0 Å². The van der Waals surface area contributed by atoms with Crippen LogP contribution in [0.15, 0.2) is 22.6 Å². The first-order valence-corrected chi connectivity index (χ1v) is 7.95. The minimum absolute atomic E-state index is 0.146. The van der Waals surface area contributed by atoms with Gasteiger partial charge in [0.15, 0.2) is 5.76 Å². The van der Waals surface area contributed by atoms with E-state index in [1.165, 1.54) is 0 Å². The van der Waals surface area contributed by atoms with Crippen LogP contribution in [-0.2, 0) is 4.79 Å². The highest BCUT2D eigenvalue weighted by atomic mass is 35.5. The summed E-state index contributed by atoms with van der Waals surface area (Å²) < 4.78 is 5.70. The number of aliphatic carboxylic acids is 1. The molecule has 0 saturated carbocycles. The molecule has 1 aromatic carbocycles. The number of carboxylic acids is 1. The third-order valence-electron chi connectivity index (χ3n) is 4.39. The molecular weight excluding hydrogens is 318 g/mol. The lowest BCUT2D eigenvalue weighted by atomic mass is 9.90. The van der Waals surface area contributed by atoms with Gasteiger partial charge in [-0.15, -0.1) is 0 Å². The number of carbonyl (C=O) groups is 2. The highest BCUT2D eigenvalue weighted by Crippen LogP contribution is 2.30. The SMILES string of the molecule is Cc1c(C(=O)N2CC(C)CC(C(=O)O)C2)oc2ccc(Cl)cc12. The molecule has 2 aromatic rings. The summed E-state index contributed by atoms with van der Waals surface area (Å²) >= 11 is 6.00. The standard InChI is InChI=1S/C17H18ClNO4/c1-9-5-11(17(21)22)8-19(7-9)16(20)15-10(2)13-6-12(18)3-4-14(13)23-15/h3-4,6,9,11H,5,7-8H2,1-2H3,(H,21,22). The molecule has 0 radical (unpaired) electrons. The second kappa shape index (κ2) is 5.89. The van der Waals surface area contributed by atoms with Crippen LogP contribution in [0.25, 0.3) is 11.0 Å². The summed E-state index contributed by atoms with van der Waals surface area (Å²) in [6, 6.07) is 5.22. The second-order valence-corrected chi connectivity index (χ2v) is 6.72. The Morgan fingerprint density at radius 2 is 2.09 bits per heavy atom. The average Bonchev–Trinajstić information content (AvgIpc) is 2.82. The molecule has 0 spiro atoms. The van der Waals surface area contributed by atoms with Crippen LogP contribution in [0.1, 0.15) is 29.5 Å². The predicted molar refractivity (Wildman–Crippen MR) is 86.8 cm³/mol. The number of rotatable bonds is 2. The fourth-order valence-electron chi connectivity index (χ4n) is 3.24. The zero-order chi connectivity index (χ0) is 16.7. The quantitative estimate of drug-likeness (QED) is 0.910.